The van der Waals surface area contributed by atoms with E-state index in [9.17, 15) is 14.4 Å². The van der Waals surface area contributed by atoms with E-state index in [0.717, 1.165) is 39.6 Å². The number of amides is 3. The van der Waals surface area contributed by atoms with Gasteiger partial charge in [0.05, 0.1) is 11.9 Å². The van der Waals surface area contributed by atoms with Crippen molar-refractivity contribution in [3.63, 3.8) is 0 Å². The Morgan fingerprint density at radius 2 is 1.67 bits per heavy atom. The number of imide groups is 1. The van der Waals surface area contributed by atoms with Crippen LogP contribution >= 0.6 is 11.8 Å². The smallest absolute Gasteiger partial charge is 0.286 e. The number of thioether (sulfide) groups is 1. The maximum atomic E-state index is 12.5. The summed E-state index contributed by atoms with van der Waals surface area (Å²) in [6.45, 7) is 0.941. The number of hydrogen-bond acceptors (Lipinski definition) is 5. The summed E-state index contributed by atoms with van der Waals surface area (Å²) in [5.74, 6) is -0.351. The second-order valence-corrected chi connectivity index (χ2v) is 8.97. The van der Waals surface area contributed by atoms with Gasteiger partial charge in [-0.2, -0.15) is 0 Å². The topological polar surface area (TPSA) is 84.5 Å². The van der Waals surface area contributed by atoms with Gasteiger partial charge in [0.1, 0.15) is 0 Å². The number of ether oxygens (including phenoxy) is 1. The van der Waals surface area contributed by atoms with Gasteiger partial charge in [-0.15, -0.1) is 0 Å². The van der Waals surface area contributed by atoms with Gasteiger partial charge in [-0.1, -0.05) is 66.4 Å². The van der Waals surface area contributed by atoms with E-state index in [1.165, 1.54) is 0 Å². The number of carbonyl (C=O) groups is 3. The van der Waals surface area contributed by atoms with E-state index >= 15 is 0 Å². The van der Waals surface area contributed by atoms with Crippen molar-refractivity contribution in [2.24, 2.45) is 0 Å². The average molecular weight is 461 g/mol. The summed E-state index contributed by atoms with van der Waals surface area (Å²) >= 11 is 1.04. The lowest BCUT2D eigenvalue weighted by Crippen LogP contribution is -2.25. The highest BCUT2D eigenvalue weighted by Crippen LogP contribution is 2.25. The first-order valence-corrected chi connectivity index (χ1v) is 11.5. The Morgan fingerprint density at radius 3 is 2.33 bits per heavy atom. The van der Waals surface area contributed by atoms with Crippen LogP contribution in [0.2, 0.25) is 0 Å². The van der Waals surface area contributed by atoms with E-state index in [2.05, 4.69) is 16.7 Å². The number of rotatable bonds is 8. The maximum Gasteiger partial charge on any atom is 0.286 e. The molecule has 0 saturated carbocycles. The van der Waals surface area contributed by atoms with Crippen molar-refractivity contribution in [3.8, 4) is 11.1 Å². The lowest BCUT2D eigenvalue weighted by molar-refractivity contribution is -0.118. The molecule has 7 heteroatoms. The van der Waals surface area contributed by atoms with Crippen LogP contribution in [-0.2, 0) is 29.1 Å². The van der Waals surface area contributed by atoms with E-state index in [1.54, 1.807) is 19.2 Å². The van der Waals surface area contributed by atoms with Crippen molar-refractivity contribution >= 4 is 28.8 Å². The first kappa shape index (κ1) is 22.8. The molecule has 3 amide bonds. The number of hydrogen-bond donors (Lipinski definition) is 2. The van der Waals surface area contributed by atoms with Gasteiger partial charge >= 0.3 is 0 Å². The van der Waals surface area contributed by atoms with E-state index in [0.29, 0.717) is 25.1 Å². The van der Waals surface area contributed by atoms with Crippen molar-refractivity contribution in [2.75, 3.05) is 7.11 Å². The summed E-state index contributed by atoms with van der Waals surface area (Å²) in [5, 5.41) is 4.63. The fraction of sp³-hybridized carbons (Fsp3) is 0.192. The summed E-state index contributed by atoms with van der Waals surface area (Å²) in [6.07, 6.45) is 0.515. The van der Waals surface area contributed by atoms with Crippen molar-refractivity contribution in [2.45, 2.75) is 24.8 Å². The molecule has 0 aliphatic carbocycles. The van der Waals surface area contributed by atoms with E-state index in [4.69, 9.17) is 4.74 Å². The third-order valence-corrected chi connectivity index (χ3v) is 6.36. The van der Waals surface area contributed by atoms with Crippen LogP contribution in [0, 0.1) is 0 Å². The zero-order chi connectivity index (χ0) is 23.2. The molecule has 4 rings (SSSR count). The van der Waals surface area contributed by atoms with Crippen molar-refractivity contribution in [1.82, 2.24) is 10.6 Å². The molecule has 2 N–H and O–H groups in total. The Morgan fingerprint density at radius 1 is 0.939 bits per heavy atom. The van der Waals surface area contributed by atoms with Gasteiger partial charge in [0.25, 0.3) is 11.1 Å². The first-order valence-electron chi connectivity index (χ1n) is 10.6. The Bertz CT molecular complexity index is 1160. The van der Waals surface area contributed by atoms with E-state index in [-0.39, 0.29) is 22.3 Å². The molecule has 0 bridgehead atoms. The van der Waals surface area contributed by atoms with Gasteiger partial charge in [0.15, 0.2) is 0 Å². The van der Waals surface area contributed by atoms with Crippen LogP contribution in [0.4, 0.5) is 4.79 Å². The largest absolute Gasteiger partial charge is 0.380 e. The van der Waals surface area contributed by atoms with Crippen LogP contribution in [0.25, 0.3) is 11.1 Å². The molecule has 0 aromatic heterocycles. The highest BCUT2D eigenvalue weighted by atomic mass is 32.2. The van der Waals surface area contributed by atoms with Crippen LogP contribution in [-0.4, -0.2) is 29.4 Å². The molecule has 6 nitrogen and oxygen atoms in total. The van der Waals surface area contributed by atoms with Crippen molar-refractivity contribution in [3.05, 3.63) is 95.1 Å². The van der Waals surface area contributed by atoms with Crippen molar-refractivity contribution < 1.29 is 19.1 Å². The van der Waals surface area contributed by atoms with Gasteiger partial charge in [0.2, 0.25) is 5.91 Å². The SMILES string of the molecule is COCc1ccc(C(=O)NCc2cccc(-c3ccc(CC4SC(=O)NC4=O)cc3)c2)cc1. The Labute approximate surface area is 196 Å². The molecule has 1 aliphatic heterocycles. The lowest BCUT2D eigenvalue weighted by Gasteiger charge is -2.10. The minimum absolute atomic E-state index is 0.124. The molecule has 1 fully saturated rings. The van der Waals surface area contributed by atoms with Crippen LogP contribution in [0.5, 0.6) is 0 Å². The maximum absolute atomic E-state index is 12.5. The molecule has 1 unspecified atom stereocenters. The normalized spacial score (nSPS) is 15.4. The predicted octanol–water partition coefficient (Wildman–Crippen LogP) is 4.32. The molecule has 0 spiro atoms. The van der Waals surface area contributed by atoms with Gasteiger partial charge < -0.3 is 10.1 Å². The van der Waals surface area contributed by atoms with Crippen LogP contribution < -0.4 is 10.6 Å². The molecule has 168 valence electrons. The second-order valence-electron chi connectivity index (χ2n) is 7.80. The van der Waals surface area contributed by atoms with Gasteiger partial charge in [0, 0.05) is 19.2 Å². The fourth-order valence-corrected chi connectivity index (χ4v) is 4.50. The highest BCUT2D eigenvalue weighted by Gasteiger charge is 2.31. The number of benzene rings is 3. The summed E-state index contributed by atoms with van der Waals surface area (Å²) in [5.41, 5.74) is 5.71. The minimum atomic E-state index is -0.369. The Kier molecular flexibility index (Phi) is 7.22. The fourth-order valence-electron chi connectivity index (χ4n) is 3.64. The molecule has 1 heterocycles. The second kappa shape index (κ2) is 10.5. The Hall–Kier alpha value is -3.42. The average Bonchev–Trinajstić information content (AvgIpc) is 3.15. The highest BCUT2D eigenvalue weighted by molar-refractivity contribution is 8.15. The number of carbonyl (C=O) groups excluding carboxylic acids is 3. The monoisotopic (exact) mass is 460 g/mol. The van der Waals surface area contributed by atoms with Crippen LogP contribution in [0.15, 0.2) is 72.8 Å². The van der Waals surface area contributed by atoms with Crippen molar-refractivity contribution in [1.29, 1.82) is 0 Å². The van der Waals surface area contributed by atoms with Gasteiger partial charge in [-0.3, -0.25) is 19.7 Å². The zero-order valence-electron chi connectivity index (χ0n) is 18.2. The van der Waals surface area contributed by atoms with Crippen LogP contribution in [0.3, 0.4) is 0 Å². The third-order valence-electron chi connectivity index (χ3n) is 5.38. The standard InChI is InChI=1S/C26H24N2O4S/c1-32-16-18-7-11-21(12-8-18)24(29)27-15-19-3-2-4-22(13-19)20-9-5-17(6-10-20)14-23-25(30)28-26(31)33-23/h2-13,23H,14-16H2,1H3,(H,27,29)(H,28,30,31). The molecule has 3 aromatic rings. The molecule has 1 atom stereocenters. The molecular formula is C26H24N2O4S. The first-order chi connectivity index (χ1) is 16.0. The van der Waals surface area contributed by atoms with Gasteiger partial charge in [-0.05, 0) is 52.4 Å². The summed E-state index contributed by atoms with van der Waals surface area (Å²) in [6, 6.07) is 23.4. The van der Waals surface area contributed by atoms with Crippen LogP contribution in [0.1, 0.15) is 27.0 Å². The Balaban J connectivity index is 1.36. The molecule has 33 heavy (non-hydrogen) atoms. The summed E-state index contributed by atoms with van der Waals surface area (Å²) in [4.78, 5) is 35.6. The molecular weight excluding hydrogens is 436 g/mol. The van der Waals surface area contributed by atoms with Gasteiger partial charge in [-0.25, -0.2) is 0 Å². The number of nitrogens with one attached hydrogen (secondary N) is 2. The quantitative estimate of drug-likeness (QED) is 0.523. The van der Waals surface area contributed by atoms with E-state index < -0.39 is 0 Å². The third kappa shape index (κ3) is 5.88. The summed E-state index contributed by atoms with van der Waals surface area (Å²) in [7, 11) is 1.64. The minimum Gasteiger partial charge on any atom is -0.380 e. The molecule has 3 aromatic carbocycles. The molecule has 1 aliphatic rings. The molecule has 0 radical (unpaired) electrons. The van der Waals surface area contributed by atoms with E-state index in [1.807, 2.05) is 54.6 Å². The zero-order valence-corrected chi connectivity index (χ0v) is 19.0. The molecule has 1 saturated heterocycles. The number of methoxy groups -OCH3 is 1. The summed E-state index contributed by atoms with van der Waals surface area (Å²) < 4.78 is 5.10. The predicted molar refractivity (Wildman–Crippen MR) is 129 cm³/mol. The lowest BCUT2D eigenvalue weighted by atomic mass is 10.00.